The largest absolute Gasteiger partial charge is 0.461 e. The van der Waals surface area contributed by atoms with Crippen LogP contribution in [0.1, 0.15) is 11.4 Å². The van der Waals surface area contributed by atoms with Crippen molar-refractivity contribution < 1.29 is 22.0 Å². The number of nitriles is 1. The minimum atomic E-state index is -5.72. The van der Waals surface area contributed by atoms with Gasteiger partial charge < -0.3 is 4.57 Å². The summed E-state index contributed by atoms with van der Waals surface area (Å²) in [4.78, 5) is 3.30. The van der Waals surface area contributed by atoms with Gasteiger partial charge in [0.05, 0.1) is 22.7 Å². The summed E-state index contributed by atoms with van der Waals surface area (Å²) in [5.74, 6) is -6.45. The van der Waals surface area contributed by atoms with Crippen LogP contribution in [0, 0.1) is 11.3 Å². The Morgan fingerprint density at radius 3 is 2.37 bits per heavy atom. The molecule has 0 aliphatic heterocycles. The molecule has 0 bridgehead atoms. The summed E-state index contributed by atoms with van der Waals surface area (Å²) in [6.45, 7) is 0. The van der Waals surface area contributed by atoms with Crippen LogP contribution in [0.15, 0.2) is 18.2 Å². The van der Waals surface area contributed by atoms with Crippen LogP contribution in [0.5, 0.6) is 0 Å². The average molecular weight is 275 g/mol. The molecule has 0 fully saturated rings. The highest BCUT2D eigenvalue weighted by atomic mass is 19.4. The van der Waals surface area contributed by atoms with Crippen molar-refractivity contribution in [2.24, 2.45) is 7.05 Å². The Labute approximate surface area is 103 Å². The van der Waals surface area contributed by atoms with Gasteiger partial charge in [0.2, 0.25) is 0 Å². The van der Waals surface area contributed by atoms with E-state index in [2.05, 4.69) is 4.98 Å². The van der Waals surface area contributed by atoms with E-state index in [0.29, 0.717) is 4.57 Å². The number of hydrogen-bond acceptors (Lipinski definition) is 2. The van der Waals surface area contributed by atoms with Crippen molar-refractivity contribution in [2.75, 3.05) is 0 Å². The highest BCUT2D eigenvalue weighted by Gasteiger charge is 2.61. The number of imidazole rings is 1. The van der Waals surface area contributed by atoms with Gasteiger partial charge >= 0.3 is 12.1 Å². The smallest absolute Gasteiger partial charge is 0.326 e. The van der Waals surface area contributed by atoms with Gasteiger partial charge in [-0.15, -0.1) is 0 Å². The molecule has 0 saturated carbocycles. The summed E-state index contributed by atoms with van der Waals surface area (Å²) >= 11 is 0. The van der Waals surface area contributed by atoms with E-state index in [1.807, 2.05) is 0 Å². The van der Waals surface area contributed by atoms with Crippen molar-refractivity contribution in [1.29, 1.82) is 5.26 Å². The lowest BCUT2D eigenvalue weighted by atomic mass is 10.2. The number of benzene rings is 1. The van der Waals surface area contributed by atoms with Gasteiger partial charge in [-0.05, 0) is 18.2 Å². The molecule has 0 aliphatic rings. The van der Waals surface area contributed by atoms with Crippen LogP contribution in [0.25, 0.3) is 11.0 Å². The SMILES string of the molecule is Cn1c(C(F)(F)C(F)(F)F)nc2cc(C#N)ccc21. The van der Waals surface area contributed by atoms with Crippen molar-refractivity contribution >= 4 is 11.0 Å². The van der Waals surface area contributed by atoms with Crippen LogP contribution in [0.4, 0.5) is 22.0 Å². The van der Waals surface area contributed by atoms with Gasteiger partial charge in [-0.25, -0.2) is 4.98 Å². The van der Waals surface area contributed by atoms with Crippen LogP contribution >= 0.6 is 0 Å². The molecule has 0 saturated heterocycles. The second-order valence-electron chi connectivity index (χ2n) is 3.88. The van der Waals surface area contributed by atoms with E-state index >= 15 is 0 Å². The van der Waals surface area contributed by atoms with Crippen LogP contribution in [0.3, 0.4) is 0 Å². The van der Waals surface area contributed by atoms with E-state index in [1.54, 1.807) is 6.07 Å². The van der Waals surface area contributed by atoms with E-state index in [4.69, 9.17) is 5.26 Å². The average Bonchev–Trinajstić information content (AvgIpc) is 2.65. The number of rotatable bonds is 1. The van der Waals surface area contributed by atoms with Crippen molar-refractivity contribution in [1.82, 2.24) is 9.55 Å². The Hall–Kier alpha value is -2.17. The zero-order valence-corrected chi connectivity index (χ0v) is 9.46. The fourth-order valence-corrected chi connectivity index (χ4v) is 1.68. The number of alkyl halides is 5. The Balaban J connectivity index is 2.70. The fourth-order valence-electron chi connectivity index (χ4n) is 1.68. The number of aryl methyl sites for hydroxylation is 1. The maximum atomic E-state index is 13.3. The van der Waals surface area contributed by atoms with Gasteiger partial charge in [-0.1, -0.05) is 0 Å². The summed E-state index contributed by atoms with van der Waals surface area (Å²) in [6, 6.07) is 5.51. The molecule has 0 unspecified atom stereocenters. The van der Waals surface area contributed by atoms with Gasteiger partial charge in [0, 0.05) is 7.05 Å². The van der Waals surface area contributed by atoms with Crippen molar-refractivity contribution in [3.8, 4) is 6.07 Å². The minimum Gasteiger partial charge on any atom is -0.326 e. The third-order valence-electron chi connectivity index (χ3n) is 2.65. The first-order chi connectivity index (χ1) is 8.68. The first-order valence-electron chi connectivity index (χ1n) is 5.00. The molecule has 8 heteroatoms. The predicted molar refractivity (Wildman–Crippen MR) is 55.4 cm³/mol. The lowest BCUT2D eigenvalue weighted by Crippen LogP contribution is -2.36. The molecular formula is C11H6F5N3. The van der Waals surface area contributed by atoms with Crippen LogP contribution in [-0.2, 0) is 13.0 Å². The molecule has 19 heavy (non-hydrogen) atoms. The molecule has 0 radical (unpaired) electrons. The Bertz CT molecular complexity index is 678. The third kappa shape index (κ3) is 1.91. The molecule has 2 aromatic rings. The molecule has 100 valence electrons. The predicted octanol–water partition coefficient (Wildman–Crippen LogP) is 3.10. The molecule has 0 atom stereocenters. The first-order valence-corrected chi connectivity index (χ1v) is 5.00. The van der Waals surface area contributed by atoms with E-state index < -0.39 is 17.9 Å². The highest BCUT2D eigenvalue weighted by Crippen LogP contribution is 2.43. The van der Waals surface area contributed by atoms with E-state index in [-0.39, 0.29) is 16.6 Å². The standard InChI is InChI=1S/C11H6F5N3/c1-19-8-3-2-6(5-17)4-7(8)18-9(19)10(12,13)11(14,15)16/h2-4H,1H3. The van der Waals surface area contributed by atoms with Crippen molar-refractivity contribution in [3.05, 3.63) is 29.6 Å². The first kappa shape index (κ1) is 13.3. The molecule has 0 N–H and O–H groups in total. The molecule has 1 aromatic carbocycles. The Morgan fingerprint density at radius 2 is 1.84 bits per heavy atom. The molecule has 1 aromatic heterocycles. The highest BCUT2D eigenvalue weighted by molar-refractivity contribution is 5.77. The van der Waals surface area contributed by atoms with Gasteiger partial charge in [0.1, 0.15) is 0 Å². The monoisotopic (exact) mass is 275 g/mol. The Morgan fingerprint density at radius 1 is 1.21 bits per heavy atom. The van der Waals surface area contributed by atoms with Gasteiger partial charge in [-0.3, -0.25) is 0 Å². The zero-order valence-electron chi connectivity index (χ0n) is 9.46. The summed E-state index contributed by atoms with van der Waals surface area (Å²) in [5, 5.41) is 8.65. The van der Waals surface area contributed by atoms with Crippen molar-refractivity contribution in [3.63, 3.8) is 0 Å². The number of aromatic nitrogens is 2. The van der Waals surface area contributed by atoms with E-state index in [0.717, 1.165) is 13.1 Å². The molecule has 3 nitrogen and oxygen atoms in total. The van der Waals surface area contributed by atoms with E-state index in [9.17, 15) is 22.0 Å². The summed E-state index contributed by atoms with van der Waals surface area (Å²) in [7, 11) is 1.07. The summed E-state index contributed by atoms with van der Waals surface area (Å²) in [5.41, 5.74) is 0.144. The quantitative estimate of drug-likeness (QED) is 0.750. The Kier molecular flexibility index (Phi) is 2.73. The molecule has 1 heterocycles. The maximum Gasteiger partial charge on any atom is 0.461 e. The van der Waals surface area contributed by atoms with E-state index in [1.165, 1.54) is 12.1 Å². The fraction of sp³-hybridized carbons (Fsp3) is 0.273. The number of halogens is 5. The second-order valence-corrected chi connectivity index (χ2v) is 3.88. The molecule has 0 amide bonds. The van der Waals surface area contributed by atoms with Gasteiger partial charge in [0.25, 0.3) is 0 Å². The van der Waals surface area contributed by atoms with Crippen LogP contribution in [0.2, 0.25) is 0 Å². The topological polar surface area (TPSA) is 41.6 Å². The molecule has 0 spiro atoms. The van der Waals surface area contributed by atoms with Crippen LogP contribution in [-0.4, -0.2) is 15.7 Å². The zero-order chi connectivity index (χ0) is 14.4. The molecule has 2 rings (SSSR count). The maximum absolute atomic E-state index is 13.3. The lowest BCUT2D eigenvalue weighted by Gasteiger charge is -2.18. The summed E-state index contributed by atoms with van der Waals surface area (Å²) < 4.78 is 64.2. The normalized spacial score (nSPS) is 12.7. The number of hydrogen-bond donors (Lipinski definition) is 0. The van der Waals surface area contributed by atoms with Gasteiger partial charge in [0.15, 0.2) is 5.82 Å². The van der Waals surface area contributed by atoms with Gasteiger partial charge in [-0.2, -0.15) is 27.2 Å². The summed E-state index contributed by atoms with van der Waals surface area (Å²) in [6.07, 6.45) is -5.72. The lowest BCUT2D eigenvalue weighted by molar-refractivity contribution is -0.293. The van der Waals surface area contributed by atoms with Crippen LogP contribution < -0.4 is 0 Å². The molecule has 0 aliphatic carbocycles. The molecular weight excluding hydrogens is 269 g/mol. The number of fused-ring (bicyclic) bond motifs is 1. The minimum absolute atomic E-state index is 0.0829. The van der Waals surface area contributed by atoms with Crippen molar-refractivity contribution in [2.45, 2.75) is 12.1 Å². The third-order valence-corrected chi connectivity index (χ3v) is 2.65. The number of nitrogens with zero attached hydrogens (tertiary/aromatic N) is 3. The second kappa shape index (κ2) is 3.91.